The van der Waals surface area contributed by atoms with E-state index in [1.165, 1.54) is 30.0 Å². The highest BCUT2D eigenvalue weighted by Gasteiger charge is 2.19. The molecule has 1 nitrogen and oxygen atoms in total. The summed E-state index contributed by atoms with van der Waals surface area (Å²) in [7, 11) is 0. The molecule has 1 aromatic heterocycles. The van der Waals surface area contributed by atoms with Crippen molar-refractivity contribution in [2.45, 2.75) is 46.5 Å². The first kappa shape index (κ1) is 9.20. The Morgan fingerprint density at radius 1 is 1.31 bits per heavy atom. The minimum atomic E-state index is 0.381. The molecule has 0 spiro atoms. The minimum Gasteiger partial charge on any atom is -0.246 e. The van der Waals surface area contributed by atoms with Crippen LogP contribution in [0.4, 0.5) is 0 Å². The van der Waals surface area contributed by atoms with Crippen LogP contribution in [0.5, 0.6) is 0 Å². The van der Waals surface area contributed by atoms with Gasteiger partial charge in [-0.05, 0) is 24.7 Å². The first-order valence-corrected chi connectivity index (χ1v) is 5.84. The van der Waals surface area contributed by atoms with Gasteiger partial charge < -0.3 is 0 Å². The van der Waals surface area contributed by atoms with E-state index < -0.39 is 0 Å². The molecular formula is C11H17NS. The van der Waals surface area contributed by atoms with Crippen LogP contribution in [-0.2, 0) is 19.3 Å². The molecule has 0 saturated carbocycles. The summed E-state index contributed by atoms with van der Waals surface area (Å²) in [6.45, 7) is 6.83. The minimum absolute atomic E-state index is 0.381. The van der Waals surface area contributed by atoms with Crippen molar-refractivity contribution in [1.82, 2.24) is 4.98 Å². The molecule has 0 fully saturated rings. The molecule has 0 N–H and O–H groups in total. The largest absolute Gasteiger partial charge is 0.246 e. The van der Waals surface area contributed by atoms with Crippen molar-refractivity contribution in [3.63, 3.8) is 0 Å². The molecule has 1 aromatic rings. The smallest absolute Gasteiger partial charge is 0.0936 e. The van der Waals surface area contributed by atoms with Crippen LogP contribution in [0.2, 0.25) is 0 Å². The summed E-state index contributed by atoms with van der Waals surface area (Å²) in [5.41, 5.74) is 1.77. The van der Waals surface area contributed by atoms with Crippen molar-refractivity contribution in [2.24, 2.45) is 5.41 Å². The number of hydrogen-bond donors (Lipinski definition) is 0. The second-order valence-corrected chi connectivity index (χ2v) is 6.24. The van der Waals surface area contributed by atoms with Gasteiger partial charge in [0.2, 0.25) is 0 Å². The number of aryl methyl sites for hydroxylation is 2. The monoisotopic (exact) mass is 195 g/mol. The zero-order valence-corrected chi connectivity index (χ0v) is 9.50. The molecule has 2 heteroatoms. The van der Waals surface area contributed by atoms with Crippen molar-refractivity contribution in [2.75, 3.05) is 0 Å². The van der Waals surface area contributed by atoms with Gasteiger partial charge in [-0.3, -0.25) is 0 Å². The summed E-state index contributed by atoms with van der Waals surface area (Å²) in [6.07, 6.45) is 4.95. The summed E-state index contributed by atoms with van der Waals surface area (Å²) in [6, 6.07) is 0. The van der Waals surface area contributed by atoms with E-state index in [0.717, 1.165) is 6.42 Å². The average Bonchev–Trinajstić information content (AvgIpc) is 2.40. The Balaban J connectivity index is 2.15. The normalized spacial score (nSPS) is 16.2. The molecule has 0 aromatic carbocycles. The predicted octanol–water partition coefficient (Wildman–Crippen LogP) is 3.22. The van der Waals surface area contributed by atoms with Gasteiger partial charge in [0.05, 0.1) is 10.7 Å². The Hall–Kier alpha value is -0.370. The Labute approximate surface area is 84.2 Å². The van der Waals surface area contributed by atoms with E-state index in [1.54, 1.807) is 4.88 Å². The molecule has 0 amide bonds. The van der Waals surface area contributed by atoms with E-state index in [1.807, 2.05) is 11.3 Å². The zero-order chi connectivity index (χ0) is 9.47. The molecule has 0 radical (unpaired) electrons. The number of fused-ring (bicyclic) bond motifs is 1. The Bertz CT molecular complexity index is 285. The van der Waals surface area contributed by atoms with Crippen molar-refractivity contribution >= 4 is 11.3 Å². The van der Waals surface area contributed by atoms with Crippen LogP contribution < -0.4 is 0 Å². The molecule has 1 heterocycles. The quantitative estimate of drug-likeness (QED) is 0.670. The molecule has 0 aliphatic heterocycles. The molecule has 0 atom stereocenters. The maximum atomic E-state index is 4.69. The summed E-state index contributed by atoms with van der Waals surface area (Å²) in [5, 5.41) is 1.34. The van der Waals surface area contributed by atoms with Gasteiger partial charge in [-0.2, -0.15) is 0 Å². The summed E-state index contributed by atoms with van der Waals surface area (Å²) >= 11 is 1.94. The van der Waals surface area contributed by atoms with Gasteiger partial charge >= 0.3 is 0 Å². The zero-order valence-electron chi connectivity index (χ0n) is 8.68. The number of nitrogens with zero attached hydrogens (tertiary/aromatic N) is 1. The van der Waals surface area contributed by atoms with Gasteiger partial charge in [0.1, 0.15) is 0 Å². The lowest BCUT2D eigenvalue weighted by Gasteiger charge is -2.15. The number of aromatic nitrogens is 1. The molecule has 72 valence electrons. The lowest BCUT2D eigenvalue weighted by Crippen LogP contribution is -2.08. The van der Waals surface area contributed by atoms with Gasteiger partial charge in [0, 0.05) is 11.3 Å². The lowest BCUT2D eigenvalue weighted by molar-refractivity contribution is 0.410. The fourth-order valence-electron chi connectivity index (χ4n) is 1.77. The highest BCUT2D eigenvalue weighted by atomic mass is 32.1. The highest BCUT2D eigenvalue weighted by molar-refractivity contribution is 7.11. The second-order valence-electron chi connectivity index (χ2n) is 5.07. The summed E-state index contributed by atoms with van der Waals surface area (Å²) < 4.78 is 0. The first-order chi connectivity index (χ1) is 6.04. The molecule has 0 bridgehead atoms. The van der Waals surface area contributed by atoms with Crippen LogP contribution in [0.15, 0.2) is 0 Å². The maximum absolute atomic E-state index is 4.69. The van der Waals surface area contributed by atoms with Crippen LogP contribution in [0.3, 0.4) is 0 Å². The van der Waals surface area contributed by atoms with E-state index in [0.29, 0.717) is 5.41 Å². The van der Waals surface area contributed by atoms with Crippen molar-refractivity contribution < 1.29 is 0 Å². The maximum Gasteiger partial charge on any atom is 0.0936 e. The molecule has 2 rings (SSSR count). The summed E-state index contributed by atoms with van der Waals surface area (Å²) in [5.74, 6) is 0. The molecule has 1 aliphatic carbocycles. The van der Waals surface area contributed by atoms with Gasteiger partial charge in [-0.15, -0.1) is 11.3 Å². The second kappa shape index (κ2) is 3.09. The Kier molecular flexibility index (Phi) is 2.18. The van der Waals surface area contributed by atoms with E-state index in [-0.39, 0.29) is 0 Å². The molecule has 1 aliphatic rings. The van der Waals surface area contributed by atoms with Gasteiger partial charge in [0.25, 0.3) is 0 Å². The van der Waals surface area contributed by atoms with Crippen molar-refractivity contribution in [3.05, 3.63) is 15.6 Å². The van der Waals surface area contributed by atoms with Gasteiger partial charge in [-0.1, -0.05) is 20.8 Å². The predicted molar refractivity (Wildman–Crippen MR) is 57.3 cm³/mol. The fourth-order valence-corrected chi connectivity index (χ4v) is 3.23. The van der Waals surface area contributed by atoms with Crippen LogP contribution >= 0.6 is 11.3 Å². The molecule has 13 heavy (non-hydrogen) atoms. The van der Waals surface area contributed by atoms with Crippen molar-refractivity contribution in [3.8, 4) is 0 Å². The number of thiazole rings is 1. The Morgan fingerprint density at radius 2 is 2.08 bits per heavy atom. The Morgan fingerprint density at radius 3 is 2.69 bits per heavy atom. The highest BCUT2D eigenvalue weighted by Crippen LogP contribution is 2.30. The van der Waals surface area contributed by atoms with Crippen LogP contribution in [0.25, 0.3) is 0 Å². The van der Waals surface area contributed by atoms with E-state index in [9.17, 15) is 0 Å². The van der Waals surface area contributed by atoms with Gasteiger partial charge in [-0.25, -0.2) is 4.98 Å². The van der Waals surface area contributed by atoms with E-state index in [4.69, 9.17) is 4.98 Å². The average molecular weight is 195 g/mol. The third kappa shape index (κ3) is 2.11. The molecule has 0 unspecified atom stereocenters. The van der Waals surface area contributed by atoms with E-state index in [2.05, 4.69) is 20.8 Å². The van der Waals surface area contributed by atoms with Gasteiger partial charge in [0.15, 0.2) is 0 Å². The lowest BCUT2D eigenvalue weighted by atomic mass is 9.93. The molecular weight excluding hydrogens is 178 g/mol. The van der Waals surface area contributed by atoms with Crippen molar-refractivity contribution in [1.29, 1.82) is 0 Å². The third-order valence-corrected chi connectivity index (χ3v) is 3.48. The first-order valence-electron chi connectivity index (χ1n) is 5.02. The fraction of sp³-hybridized carbons (Fsp3) is 0.727. The SMILES string of the molecule is CC(C)(C)Cc1nc2c(s1)CCC2. The topological polar surface area (TPSA) is 12.9 Å². The summed E-state index contributed by atoms with van der Waals surface area (Å²) in [4.78, 5) is 6.25. The number of hydrogen-bond acceptors (Lipinski definition) is 2. The van der Waals surface area contributed by atoms with Crippen LogP contribution in [-0.4, -0.2) is 4.98 Å². The van der Waals surface area contributed by atoms with Crippen LogP contribution in [0, 0.1) is 5.41 Å². The molecule has 0 saturated heterocycles. The standard InChI is InChI=1S/C11H17NS/c1-11(2,3)7-10-12-8-5-4-6-9(8)13-10/h4-7H2,1-3H3. The number of rotatable bonds is 1. The van der Waals surface area contributed by atoms with E-state index >= 15 is 0 Å². The van der Waals surface area contributed by atoms with Crippen LogP contribution in [0.1, 0.15) is 42.8 Å². The third-order valence-electron chi connectivity index (χ3n) is 2.32.